The minimum Gasteiger partial charge on any atom is -0.392 e. The molecule has 0 heterocycles. The molecule has 0 radical (unpaired) electrons. The van der Waals surface area contributed by atoms with E-state index in [1.807, 2.05) is 0 Å². The number of rotatable bonds is 5. The standard InChI is InChI=1S/C9H18N2OS/c1-7(2)4-5-9(12)11(3)6-8(10)13/h7H,4-6H2,1-3H3,(H2,10,13). The van der Waals surface area contributed by atoms with E-state index in [-0.39, 0.29) is 5.91 Å². The molecule has 0 aromatic heterocycles. The van der Waals surface area contributed by atoms with Crippen molar-refractivity contribution in [3.63, 3.8) is 0 Å². The molecule has 0 saturated heterocycles. The summed E-state index contributed by atoms with van der Waals surface area (Å²) in [5.74, 6) is 0.670. The Labute approximate surface area is 85.3 Å². The number of thiocarbonyl (C=S) groups is 1. The molecule has 0 rings (SSSR count). The van der Waals surface area contributed by atoms with Gasteiger partial charge in [0, 0.05) is 13.5 Å². The number of amides is 1. The fraction of sp³-hybridized carbons (Fsp3) is 0.778. The van der Waals surface area contributed by atoms with Crippen LogP contribution in [0.5, 0.6) is 0 Å². The Morgan fingerprint density at radius 2 is 2.08 bits per heavy atom. The van der Waals surface area contributed by atoms with Gasteiger partial charge >= 0.3 is 0 Å². The van der Waals surface area contributed by atoms with Crippen molar-refractivity contribution in [1.82, 2.24) is 4.90 Å². The molecule has 0 aliphatic carbocycles. The van der Waals surface area contributed by atoms with E-state index >= 15 is 0 Å². The average Bonchev–Trinajstić information content (AvgIpc) is 1.98. The molecule has 13 heavy (non-hydrogen) atoms. The maximum absolute atomic E-state index is 11.4. The summed E-state index contributed by atoms with van der Waals surface area (Å²) < 4.78 is 0. The molecule has 0 aromatic carbocycles. The molecule has 0 unspecified atom stereocenters. The first-order chi connectivity index (χ1) is 5.93. The third-order valence-corrected chi connectivity index (χ3v) is 1.88. The lowest BCUT2D eigenvalue weighted by Crippen LogP contribution is -2.34. The van der Waals surface area contributed by atoms with E-state index in [0.717, 1.165) is 6.42 Å². The monoisotopic (exact) mass is 202 g/mol. The SMILES string of the molecule is CC(C)CCC(=O)N(C)CC(N)=S. The molecule has 0 saturated carbocycles. The number of hydrogen-bond acceptors (Lipinski definition) is 2. The van der Waals surface area contributed by atoms with Crippen molar-refractivity contribution in [2.75, 3.05) is 13.6 Å². The van der Waals surface area contributed by atoms with Crippen LogP contribution in [0.15, 0.2) is 0 Å². The number of nitrogens with two attached hydrogens (primary N) is 1. The summed E-state index contributed by atoms with van der Waals surface area (Å²) in [4.78, 5) is 13.3. The highest BCUT2D eigenvalue weighted by molar-refractivity contribution is 7.80. The first-order valence-electron chi connectivity index (χ1n) is 4.45. The van der Waals surface area contributed by atoms with Gasteiger partial charge in [-0.3, -0.25) is 4.79 Å². The van der Waals surface area contributed by atoms with Crippen molar-refractivity contribution < 1.29 is 4.79 Å². The molecule has 0 bridgehead atoms. The molecule has 3 nitrogen and oxygen atoms in total. The van der Waals surface area contributed by atoms with E-state index in [4.69, 9.17) is 18.0 Å². The maximum atomic E-state index is 11.4. The Kier molecular flexibility index (Phi) is 5.62. The Morgan fingerprint density at radius 3 is 2.46 bits per heavy atom. The molecule has 0 aliphatic rings. The van der Waals surface area contributed by atoms with Crippen LogP contribution in [0.25, 0.3) is 0 Å². The smallest absolute Gasteiger partial charge is 0.222 e. The van der Waals surface area contributed by atoms with Gasteiger partial charge in [-0.05, 0) is 12.3 Å². The van der Waals surface area contributed by atoms with Crippen LogP contribution in [0.2, 0.25) is 0 Å². The van der Waals surface area contributed by atoms with Gasteiger partial charge in [-0.2, -0.15) is 0 Å². The quantitative estimate of drug-likeness (QED) is 0.681. The zero-order valence-corrected chi connectivity index (χ0v) is 9.36. The van der Waals surface area contributed by atoms with Crippen LogP contribution in [0.3, 0.4) is 0 Å². The highest BCUT2D eigenvalue weighted by Crippen LogP contribution is 2.05. The highest BCUT2D eigenvalue weighted by Gasteiger charge is 2.09. The molecule has 0 fully saturated rings. The fourth-order valence-electron chi connectivity index (χ4n) is 0.925. The topological polar surface area (TPSA) is 46.3 Å². The Balaban J connectivity index is 3.76. The third kappa shape index (κ3) is 6.51. The van der Waals surface area contributed by atoms with Crippen molar-refractivity contribution in [2.45, 2.75) is 26.7 Å². The Morgan fingerprint density at radius 1 is 1.54 bits per heavy atom. The molecule has 0 spiro atoms. The largest absolute Gasteiger partial charge is 0.392 e. The predicted octanol–water partition coefficient (Wildman–Crippen LogP) is 1.17. The van der Waals surface area contributed by atoms with Crippen LogP contribution in [-0.2, 0) is 4.79 Å². The molecular formula is C9H18N2OS. The number of hydrogen-bond donors (Lipinski definition) is 1. The van der Waals surface area contributed by atoms with Gasteiger partial charge in [0.25, 0.3) is 0 Å². The van der Waals surface area contributed by atoms with E-state index in [1.165, 1.54) is 0 Å². The fourth-order valence-corrected chi connectivity index (χ4v) is 1.12. The molecule has 0 atom stereocenters. The molecule has 1 amide bonds. The van der Waals surface area contributed by atoms with Gasteiger partial charge < -0.3 is 10.6 Å². The van der Waals surface area contributed by atoms with Crippen molar-refractivity contribution in [2.24, 2.45) is 11.7 Å². The first-order valence-corrected chi connectivity index (χ1v) is 4.86. The Hall–Kier alpha value is -0.640. The lowest BCUT2D eigenvalue weighted by Gasteiger charge is -2.16. The van der Waals surface area contributed by atoms with E-state index in [9.17, 15) is 4.79 Å². The predicted molar refractivity (Wildman–Crippen MR) is 58.5 cm³/mol. The molecule has 0 aliphatic heterocycles. The van der Waals surface area contributed by atoms with Crippen molar-refractivity contribution in [1.29, 1.82) is 0 Å². The maximum Gasteiger partial charge on any atom is 0.222 e. The minimum absolute atomic E-state index is 0.113. The van der Waals surface area contributed by atoms with Gasteiger partial charge in [0.05, 0.1) is 11.5 Å². The second kappa shape index (κ2) is 5.91. The van der Waals surface area contributed by atoms with Gasteiger partial charge in [-0.25, -0.2) is 0 Å². The zero-order valence-electron chi connectivity index (χ0n) is 8.54. The number of nitrogens with zero attached hydrogens (tertiary/aromatic N) is 1. The van der Waals surface area contributed by atoms with Gasteiger partial charge in [-0.15, -0.1) is 0 Å². The van der Waals surface area contributed by atoms with Crippen molar-refractivity contribution in [3.8, 4) is 0 Å². The van der Waals surface area contributed by atoms with Crippen LogP contribution in [0.1, 0.15) is 26.7 Å². The van der Waals surface area contributed by atoms with Crippen LogP contribution >= 0.6 is 12.2 Å². The minimum atomic E-state index is 0.113. The van der Waals surface area contributed by atoms with E-state index in [1.54, 1.807) is 11.9 Å². The van der Waals surface area contributed by atoms with Gasteiger partial charge in [0.15, 0.2) is 0 Å². The normalized spacial score (nSPS) is 10.2. The third-order valence-electron chi connectivity index (χ3n) is 1.75. The summed E-state index contributed by atoms with van der Waals surface area (Å²) in [6.45, 7) is 4.58. The van der Waals surface area contributed by atoms with Crippen molar-refractivity contribution in [3.05, 3.63) is 0 Å². The summed E-state index contributed by atoms with van der Waals surface area (Å²) in [7, 11) is 1.72. The summed E-state index contributed by atoms with van der Waals surface area (Å²) in [6.07, 6.45) is 1.50. The summed E-state index contributed by atoms with van der Waals surface area (Å²) in [5, 5.41) is 0. The molecule has 4 heteroatoms. The average molecular weight is 202 g/mol. The van der Waals surface area contributed by atoms with Crippen LogP contribution < -0.4 is 5.73 Å². The summed E-state index contributed by atoms with van der Waals surface area (Å²) >= 11 is 4.71. The molecular weight excluding hydrogens is 184 g/mol. The van der Waals surface area contributed by atoms with Crippen LogP contribution in [0.4, 0.5) is 0 Å². The molecule has 2 N–H and O–H groups in total. The van der Waals surface area contributed by atoms with Gasteiger partial charge in [0.2, 0.25) is 5.91 Å². The number of carbonyl (C=O) groups is 1. The second-order valence-electron chi connectivity index (χ2n) is 3.65. The lowest BCUT2D eigenvalue weighted by atomic mass is 10.1. The summed E-state index contributed by atoms with van der Waals surface area (Å²) in [6, 6.07) is 0. The summed E-state index contributed by atoms with van der Waals surface area (Å²) in [5.41, 5.74) is 5.32. The van der Waals surface area contributed by atoms with Crippen molar-refractivity contribution >= 4 is 23.1 Å². The molecule has 0 aromatic rings. The van der Waals surface area contributed by atoms with Crippen LogP contribution in [0, 0.1) is 5.92 Å². The van der Waals surface area contributed by atoms with Gasteiger partial charge in [-0.1, -0.05) is 26.1 Å². The van der Waals surface area contributed by atoms with E-state index in [2.05, 4.69) is 13.8 Å². The Bertz CT molecular complexity index is 192. The van der Waals surface area contributed by atoms with E-state index < -0.39 is 0 Å². The first kappa shape index (κ1) is 12.4. The molecule has 76 valence electrons. The second-order valence-corrected chi connectivity index (χ2v) is 4.17. The number of likely N-dealkylation sites (N-methyl/N-ethyl adjacent to an activating group) is 1. The van der Waals surface area contributed by atoms with Crippen LogP contribution in [-0.4, -0.2) is 29.4 Å². The lowest BCUT2D eigenvalue weighted by molar-refractivity contribution is -0.129. The van der Waals surface area contributed by atoms with Gasteiger partial charge in [0.1, 0.15) is 0 Å². The van der Waals surface area contributed by atoms with E-state index in [0.29, 0.717) is 23.9 Å². The number of carbonyl (C=O) groups excluding carboxylic acids is 1. The zero-order chi connectivity index (χ0) is 10.4. The highest BCUT2D eigenvalue weighted by atomic mass is 32.1.